The van der Waals surface area contributed by atoms with Gasteiger partial charge in [-0.2, -0.15) is 0 Å². The molecule has 0 bridgehead atoms. The smallest absolute Gasteiger partial charge is 0.508 e. The maximum Gasteiger partial charge on any atom is 0.552 e. The summed E-state index contributed by atoms with van der Waals surface area (Å²) in [7, 11) is -0.439. The number of hydrogen-bond donors (Lipinski definition) is 3. The lowest BCUT2D eigenvalue weighted by Gasteiger charge is -2.38. The molecule has 2 amide bonds. The molecule has 1 aliphatic heterocycles. The quantitative estimate of drug-likeness (QED) is 0.302. The summed E-state index contributed by atoms with van der Waals surface area (Å²) >= 11 is 11.9. The van der Waals surface area contributed by atoms with Gasteiger partial charge in [0.15, 0.2) is 5.60 Å². The molecular formula is C21H25BCl2N2O9. The molecule has 0 aliphatic carbocycles. The second-order valence-electron chi connectivity index (χ2n) is 8.32. The van der Waals surface area contributed by atoms with E-state index < -0.39 is 67.8 Å². The number of carbonyl (C=O) groups excluding carboxylic acids is 4. The van der Waals surface area contributed by atoms with Crippen LogP contribution >= 0.6 is 23.2 Å². The molecule has 3 N–H and O–H groups in total. The van der Waals surface area contributed by atoms with Gasteiger partial charge in [0, 0.05) is 5.02 Å². The first kappa shape index (κ1) is 28.4. The largest absolute Gasteiger partial charge is 0.552 e. The standard InChI is InChI=1S/C21H25BCl2N2O9/c1-11(2)6-15(22-34-18(30)9-21(35-22,8-17(28)29)20(32)33-3)26-16(27)10-25-19(31)13-7-12(23)4-5-14(13)24/h4-5,7,11,15H,6,8-10H2,1-3H3,(H,25,31)(H,26,27)(H,28,29)/t15-,21+/m0/s1. The molecule has 2 atom stereocenters. The zero-order chi connectivity index (χ0) is 26.3. The van der Waals surface area contributed by atoms with E-state index in [1.54, 1.807) is 0 Å². The number of carbonyl (C=O) groups is 5. The van der Waals surface area contributed by atoms with Crippen LogP contribution in [0.4, 0.5) is 0 Å². The van der Waals surface area contributed by atoms with Gasteiger partial charge in [0.1, 0.15) is 0 Å². The van der Waals surface area contributed by atoms with Crippen LogP contribution in [-0.4, -0.2) is 67.1 Å². The molecule has 2 rings (SSSR count). The Labute approximate surface area is 211 Å². The third kappa shape index (κ3) is 7.84. The molecule has 1 heterocycles. The predicted molar refractivity (Wildman–Crippen MR) is 125 cm³/mol. The number of halogens is 2. The highest BCUT2D eigenvalue weighted by molar-refractivity contribution is 6.50. The van der Waals surface area contributed by atoms with E-state index in [2.05, 4.69) is 15.4 Å². The van der Waals surface area contributed by atoms with E-state index in [-0.39, 0.29) is 27.9 Å². The fourth-order valence-corrected chi connectivity index (χ4v) is 3.89. The van der Waals surface area contributed by atoms with Gasteiger partial charge in [-0.05, 0) is 30.5 Å². The summed E-state index contributed by atoms with van der Waals surface area (Å²) in [6, 6.07) is 4.30. The van der Waals surface area contributed by atoms with E-state index in [4.69, 9.17) is 32.5 Å². The topological polar surface area (TPSA) is 157 Å². The minimum atomic E-state index is -2.11. The van der Waals surface area contributed by atoms with E-state index in [0.29, 0.717) is 0 Å². The average Bonchev–Trinajstić information content (AvgIpc) is 2.76. The summed E-state index contributed by atoms with van der Waals surface area (Å²) in [5.41, 5.74) is -2.04. The Kier molecular flexibility index (Phi) is 9.93. The van der Waals surface area contributed by atoms with Crippen molar-refractivity contribution in [2.75, 3.05) is 13.7 Å². The molecule has 0 unspecified atom stereocenters. The minimum Gasteiger partial charge on any atom is -0.508 e. The van der Waals surface area contributed by atoms with Crippen molar-refractivity contribution in [3.05, 3.63) is 33.8 Å². The van der Waals surface area contributed by atoms with Crippen molar-refractivity contribution < 1.29 is 43.1 Å². The second-order valence-corrected chi connectivity index (χ2v) is 9.16. The maximum absolute atomic E-state index is 12.6. The van der Waals surface area contributed by atoms with E-state index in [1.165, 1.54) is 18.2 Å². The minimum absolute atomic E-state index is 0.0311. The van der Waals surface area contributed by atoms with E-state index in [0.717, 1.165) is 7.11 Å². The number of ether oxygens (including phenoxy) is 1. The van der Waals surface area contributed by atoms with Gasteiger partial charge in [-0.3, -0.25) is 19.2 Å². The Morgan fingerprint density at radius 2 is 1.94 bits per heavy atom. The summed E-state index contributed by atoms with van der Waals surface area (Å²) in [5, 5.41) is 14.7. The van der Waals surface area contributed by atoms with E-state index in [1.807, 2.05) is 13.8 Å². The van der Waals surface area contributed by atoms with Crippen molar-refractivity contribution in [2.24, 2.45) is 5.92 Å². The fourth-order valence-electron chi connectivity index (χ4n) is 3.51. The van der Waals surface area contributed by atoms with Gasteiger partial charge < -0.3 is 29.8 Å². The number of hydrogen-bond acceptors (Lipinski definition) is 8. The van der Waals surface area contributed by atoms with Crippen molar-refractivity contribution in [2.45, 2.75) is 44.7 Å². The summed E-state index contributed by atoms with van der Waals surface area (Å²) in [4.78, 5) is 61.1. The van der Waals surface area contributed by atoms with Gasteiger partial charge >= 0.3 is 19.1 Å². The Morgan fingerprint density at radius 1 is 1.26 bits per heavy atom. The van der Waals surface area contributed by atoms with Gasteiger partial charge in [-0.25, -0.2) is 4.79 Å². The maximum atomic E-state index is 12.6. The number of amides is 2. The van der Waals surface area contributed by atoms with Gasteiger partial charge in [0.25, 0.3) is 11.9 Å². The molecule has 14 heteroatoms. The molecule has 1 fully saturated rings. The van der Waals surface area contributed by atoms with Crippen LogP contribution in [0.3, 0.4) is 0 Å². The van der Waals surface area contributed by atoms with Crippen LogP contribution in [0.1, 0.15) is 43.5 Å². The number of rotatable bonds is 10. The number of benzene rings is 1. The van der Waals surface area contributed by atoms with Gasteiger partial charge in [-0.15, -0.1) is 0 Å². The van der Waals surface area contributed by atoms with E-state index >= 15 is 0 Å². The molecule has 0 saturated carbocycles. The van der Waals surface area contributed by atoms with Crippen molar-refractivity contribution in [3.63, 3.8) is 0 Å². The van der Waals surface area contributed by atoms with Crippen LogP contribution in [0.2, 0.25) is 10.0 Å². The molecule has 0 radical (unpaired) electrons. The normalized spacial score (nSPS) is 18.5. The van der Waals surface area contributed by atoms with E-state index in [9.17, 15) is 29.1 Å². The zero-order valence-corrected chi connectivity index (χ0v) is 20.8. The number of carboxylic acids is 1. The number of nitrogens with one attached hydrogen (secondary N) is 2. The Hall–Kier alpha value is -2.83. The van der Waals surface area contributed by atoms with Crippen LogP contribution in [0, 0.1) is 5.92 Å². The summed E-state index contributed by atoms with van der Waals surface area (Å²) in [6.07, 6.45) is -1.27. The molecular weight excluding hydrogens is 506 g/mol. The average molecular weight is 531 g/mol. The van der Waals surface area contributed by atoms with Crippen molar-refractivity contribution in [1.82, 2.24) is 10.6 Å². The monoisotopic (exact) mass is 530 g/mol. The lowest BCUT2D eigenvalue weighted by atomic mass is 9.70. The zero-order valence-electron chi connectivity index (χ0n) is 19.3. The predicted octanol–water partition coefficient (Wildman–Crippen LogP) is 1.63. The van der Waals surface area contributed by atoms with Gasteiger partial charge in [0.2, 0.25) is 5.91 Å². The van der Waals surface area contributed by atoms with Crippen molar-refractivity contribution >= 4 is 60.0 Å². The molecule has 190 valence electrons. The molecule has 0 aromatic heterocycles. The van der Waals surface area contributed by atoms with Gasteiger partial charge in [0.05, 0.1) is 43.0 Å². The number of methoxy groups -OCH3 is 1. The van der Waals surface area contributed by atoms with Crippen LogP contribution in [0.25, 0.3) is 0 Å². The summed E-state index contributed by atoms with van der Waals surface area (Å²) < 4.78 is 15.5. The number of carboxylic acid groups (broad SMARTS) is 1. The van der Waals surface area contributed by atoms with Crippen molar-refractivity contribution in [1.29, 1.82) is 0 Å². The number of aliphatic carboxylic acids is 1. The highest BCUT2D eigenvalue weighted by atomic mass is 35.5. The first-order valence-electron chi connectivity index (χ1n) is 10.6. The molecule has 1 aromatic carbocycles. The summed E-state index contributed by atoms with van der Waals surface area (Å²) in [5.74, 6) is -5.63. The van der Waals surface area contributed by atoms with Crippen LogP contribution < -0.4 is 10.6 Å². The summed E-state index contributed by atoms with van der Waals surface area (Å²) in [6.45, 7) is 3.20. The third-order valence-corrected chi connectivity index (χ3v) is 5.56. The molecule has 0 spiro atoms. The second kappa shape index (κ2) is 12.2. The molecule has 1 aromatic rings. The third-order valence-electron chi connectivity index (χ3n) is 5.00. The highest BCUT2D eigenvalue weighted by Crippen LogP contribution is 2.31. The molecule has 1 aliphatic rings. The van der Waals surface area contributed by atoms with Crippen molar-refractivity contribution in [3.8, 4) is 0 Å². The molecule has 11 nitrogen and oxygen atoms in total. The van der Waals surface area contributed by atoms with Crippen LogP contribution in [0.5, 0.6) is 0 Å². The number of esters is 1. The Bertz CT molecular complexity index is 1000. The first-order valence-corrected chi connectivity index (χ1v) is 11.3. The molecule has 35 heavy (non-hydrogen) atoms. The molecule has 1 saturated heterocycles. The lowest BCUT2D eigenvalue weighted by Crippen LogP contribution is -2.62. The fraction of sp³-hybridized carbons (Fsp3) is 0.476. The van der Waals surface area contributed by atoms with Gasteiger partial charge in [-0.1, -0.05) is 37.0 Å². The Morgan fingerprint density at radius 3 is 2.54 bits per heavy atom. The highest BCUT2D eigenvalue weighted by Gasteiger charge is 2.55. The first-order chi connectivity index (χ1) is 16.4. The Balaban J connectivity index is 2.16. The van der Waals surface area contributed by atoms with Crippen LogP contribution in [-0.2, 0) is 33.2 Å². The lowest BCUT2D eigenvalue weighted by molar-refractivity contribution is -0.177. The SMILES string of the molecule is COC(=O)[C@@]1(CC(=O)O)CC(=O)OB([C@H](CC(C)C)NC(=O)CNC(=O)c2cc(Cl)ccc2Cl)O1. The van der Waals surface area contributed by atoms with Crippen LogP contribution in [0.15, 0.2) is 18.2 Å².